The minimum Gasteiger partial charge on any atom is -0.375 e. The van der Waals surface area contributed by atoms with Crippen molar-refractivity contribution < 1.29 is 9.53 Å². The van der Waals surface area contributed by atoms with Crippen LogP contribution >= 0.6 is 11.3 Å². The Morgan fingerprint density at radius 1 is 1.36 bits per heavy atom. The van der Waals surface area contributed by atoms with E-state index in [1.807, 2.05) is 30.2 Å². The van der Waals surface area contributed by atoms with Gasteiger partial charge in [0.05, 0.1) is 17.4 Å². The van der Waals surface area contributed by atoms with Crippen LogP contribution in [0.5, 0.6) is 0 Å². The van der Waals surface area contributed by atoms with E-state index in [4.69, 9.17) is 4.74 Å². The molecule has 2 aromatic rings. The van der Waals surface area contributed by atoms with Crippen molar-refractivity contribution >= 4 is 28.2 Å². The van der Waals surface area contributed by atoms with Crippen molar-refractivity contribution in [2.45, 2.75) is 39.2 Å². The van der Waals surface area contributed by atoms with Crippen LogP contribution in [0, 0.1) is 13.8 Å². The van der Waals surface area contributed by atoms with Crippen LogP contribution in [-0.2, 0) is 9.53 Å². The molecule has 0 aromatic carbocycles. The average molecular weight is 361 g/mol. The molecule has 1 N–H and O–H groups in total. The van der Waals surface area contributed by atoms with Gasteiger partial charge in [0.2, 0.25) is 5.91 Å². The highest BCUT2D eigenvalue weighted by atomic mass is 32.1. The lowest BCUT2D eigenvalue weighted by Gasteiger charge is -2.35. The van der Waals surface area contributed by atoms with Crippen LogP contribution in [0.1, 0.15) is 42.5 Å². The Bertz CT molecular complexity index is 748. The number of amides is 1. The molecule has 3 rings (SSSR count). The van der Waals surface area contributed by atoms with E-state index in [2.05, 4.69) is 20.3 Å². The summed E-state index contributed by atoms with van der Waals surface area (Å²) in [7, 11) is 1.55. The Balaban J connectivity index is 1.85. The van der Waals surface area contributed by atoms with Gasteiger partial charge in [0.1, 0.15) is 18.2 Å². The quantitative estimate of drug-likeness (QED) is 0.882. The lowest BCUT2D eigenvalue weighted by atomic mass is 9.99. The topological polar surface area (TPSA) is 80.2 Å². The summed E-state index contributed by atoms with van der Waals surface area (Å²) in [5, 5.41) is 6.04. The largest absolute Gasteiger partial charge is 0.375 e. The molecule has 0 radical (unpaired) electrons. The fourth-order valence-electron chi connectivity index (χ4n) is 3.09. The van der Waals surface area contributed by atoms with Gasteiger partial charge in [0.25, 0.3) is 0 Å². The third kappa shape index (κ3) is 4.32. The molecule has 0 aliphatic carbocycles. The van der Waals surface area contributed by atoms with Crippen LogP contribution < -0.4 is 5.32 Å². The number of piperidine rings is 1. The molecule has 0 saturated carbocycles. The molecular formula is C17H23N5O2S. The second-order valence-electron chi connectivity index (χ2n) is 6.18. The summed E-state index contributed by atoms with van der Waals surface area (Å²) < 4.78 is 5.03. The molecule has 25 heavy (non-hydrogen) atoms. The number of anilines is 2. The predicted octanol–water partition coefficient (Wildman–Crippen LogP) is 2.99. The zero-order valence-corrected chi connectivity index (χ0v) is 15.6. The number of thiazole rings is 1. The first-order chi connectivity index (χ1) is 12.1. The number of rotatable bonds is 5. The second-order valence-corrected chi connectivity index (χ2v) is 7.03. The van der Waals surface area contributed by atoms with Crippen LogP contribution in [0.4, 0.5) is 10.9 Å². The number of ether oxygens (including phenoxy) is 1. The minimum absolute atomic E-state index is 0.00789. The molecule has 8 heteroatoms. The van der Waals surface area contributed by atoms with E-state index >= 15 is 0 Å². The van der Waals surface area contributed by atoms with Gasteiger partial charge in [-0.25, -0.2) is 15.0 Å². The number of hydrogen-bond acceptors (Lipinski definition) is 7. The summed E-state index contributed by atoms with van der Waals surface area (Å²) in [6.45, 7) is 4.67. The van der Waals surface area contributed by atoms with Crippen molar-refractivity contribution in [1.82, 2.24) is 19.9 Å². The van der Waals surface area contributed by atoms with E-state index < -0.39 is 0 Å². The molecule has 3 heterocycles. The highest BCUT2D eigenvalue weighted by Crippen LogP contribution is 2.31. The smallest absolute Gasteiger partial charge is 0.249 e. The van der Waals surface area contributed by atoms with E-state index in [0.29, 0.717) is 11.6 Å². The molecule has 2 aromatic heterocycles. The van der Waals surface area contributed by atoms with E-state index in [0.717, 1.165) is 42.3 Å². The van der Waals surface area contributed by atoms with E-state index in [1.54, 1.807) is 18.4 Å². The molecular weight excluding hydrogens is 338 g/mol. The maximum Gasteiger partial charge on any atom is 0.249 e. The second kappa shape index (κ2) is 7.88. The van der Waals surface area contributed by atoms with Crippen LogP contribution in [-0.4, -0.2) is 46.0 Å². The van der Waals surface area contributed by atoms with Gasteiger partial charge >= 0.3 is 0 Å². The first-order valence-electron chi connectivity index (χ1n) is 8.40. The third-order valence-electron chi connectivity index (χ3n) is 4.14. The standard InChI is InChI=1S/C17H23N5O2S/c1-11-10-25-17(18-11)21-15-8-13(19-12(2)20-15)14-6-4-5-7-22(14)16(23)9-24-3/h8,10,14H,4-7,9H2,1-3H3,(H,18,19,20,21)/t14-/m1/s1. The number of aromatic nitrogens is 3. The van der Waals surface area contributed by atoms with Gasteiger partial charge in [-0.05, 0) is 33.1 Å². The number of hydrogen-bond donors (Lipinski definition) is 1. The molecule has 1 atom stereocenters. The fraction of sp³-hybridized carbons (Fsp3) is 0.529. The molecule has 1 aliphatic rings. The molecule has 1 amide bonds. The number of aryl methyl sites for hydroxylation is 2. The molecule has 1 aliphatic heterocycles. The molecule has 0 spiro atoms. The van der Waals surface area contributed by atoms with Gasteiger partial charge in [-0.3, -0.25) is 4.79 Å². The normalized spacial score (nSPS) is 17.6. The Morgan fingerprint density at radius 3 is 2.92 bits per heavy atom. The number of methoxy groups -OCH3 is 1. The van der Waals surface area contributed by atoms with Gasteiger partial charge in [-0.2, -0.15) is 0 Å². The number of carbonyl (C=O) groups excluding carboxylic acids is 1. The summed E-state index contributed by atoms with van der Waals surface area (Å²) in [6, 6.07) is 1.89. The summed E-state index contributed by atoms with van der Waals surface area (Å²) in [5.74, 6) is 1.40. The van der Waals surface area contributed by atoms with Crippen molar-refractivity contribution in [3.8, 4) is 0 Å². The lowest BCUT2D eigenvalue weighted by Crippen LogP contribution is -2.40. The van der Waals surface area contributed by atoms with Gasteiger partial charge < -0.3 is 15.0 Å². The van der Waals surface area contributed by atoms with Crippen LogP contribution in [0.3, 0.4) is 0 Å². The van der Waals surface area contributed by atoms with Gasteiger partial charge in [0, 0.05) is 25.1 Å². The van der Waals surface area contributed by atoms with Crippen molar-refractivity contribution in [2.24, 2.45) is 0 Å². The Hall–Kier alpha value is -2.06. The van der Waals surface area contributed by atoms with E-state index in [1.165, 1.54) is 0 Å². The SMILES string of the molecule is COCC(=O)N1CCCC[C@@H]1c1cc(Nc2nc(C)cs2)nc(C)n1. The first-order valence-corrected chi connectivity index (χ1v) is 9.28. The van der Waals surface area contributed by atoms with Crippen molar-refractivity contribution in [1.29, 1.82) is 0 Å². The monoisotopic (exact) mass is 361 g/mol. The molecule has 134 valence electrons. The van der Waals surface area contributed by atoms with Crippen molar-refractivity contribution in [2.75, 3.05) is 25.6 Å². The van der Waals surface area contributed by atoms with Crippen molar-refractivity contribution in [3.05, 3.63) is 28.7 Å². The summed E-state index contributed by atoms with van der Waals surface area (Å²) >= 11 is 1.54. The van der Waals surface area contributed by atoms with Crippen LogP contribution in [0.2, 0.25) is 0 Å². The Kier molecular flexibility index (Phi) is 5.60. The Labute approximate surface area is 151 Å². The maximum atomic E-state index is 12.4. The van der Waals surface area contributed by atoms with Crippen molar-refractivity contribution in [3.63, 3.8) is 0 Å². The molecule has 0 unspecified atom stereocenters. The first kappa shape index (κ1) is 17.8. The highest BCUT2D eigenvalue weighted by Gasteiger charge is 2.29. The zero-order valence-electron chi connectivity index (χ0n) is 14.8. The average Bonchev–Trinajstić information content (AvgIpc) is 2.99. The minimum atomic E-state index is -0.0309. The summed E-state index contributed by atoms with van der Waals surface area (Å²) in [5.41, 5.74) is 1.84. The predicted molar refractivity (Wildman–Crippen MR) is 97.1 cm³/mol. The number of nitrogens with one attached hydrogen (secondary N) is 1. The third-order valence-corrected chi connectivity index (χ3v) is 5.02. The summed E-state index contributed by atoms with van der Waals surface area (Å²) in [6.07, 6.45) is 3.00. The summed E-state index contributed by atoms with van der Waals surface area (Å²) in [4.78, 5) is 27.7. The highest BCUT2D eigenvalue weighted by molar-refractivity contribution is 7.13. The molecule has 1 fully saturated rings. The number of carbonyl (C=O) groups is 1. The molecule has 0 bridgehead atoms. The van der Waals surface area contributed by atoms with E-state index in [-0.39, 0.29) is 18.6 Å². The van der Waals surface area contributed by atoms with E-state index in [9.17, 15) is 4.79 Å². The molecule has 7 nitrogen and oxygen atoms in total. The van der Waals surface area contributed by atoms with Crippen LogP contribution in [0.15, 0.2) is 11.4 Å². The number of likely N-dealkylation sites (tertiary alicyclic amines) is 1. The molecule has 1 saturated heterocycles. The maximum absolute atomic E-state index is 12.4. The van der Waals surface area contributed by atoms with Gasteiger partial charge in [-0.1, -0.05) is 0 Å². The van der Waals surface area contributed by atoms with Gasteiger partial charge in [-0.15, -0.1) is 11.3 Å². The lowest BCUT2D eigenvalue weighted by molar-refractivity contribution is -0.139. The van der Waals surface area contributed by atoms with Crippen LogP contribution in [0.25, 0.3) is 0 Å². The van der Waals surface area contributed by atoms with Gasteiger partial charge in [0.15, 0.2) is 5.13 Å². The zero-order chi connectivity index (χ0) is 17.8. The Morgan fingerprint density at radius 2 is 2.20 bits per heavy atom. The number of nitrogens with zero attached hydrogens (tertiary/aromatic N) is 4. The fourth-order valence-corrected chi connectivity index (χ4v) is 3.79.